The summed E-state index contributed by atoms with van der Waals surface area (Å²) in [5.41, 5.74) is 0. The fourth-order valence-corrected chi connectivity index (χ4v) is 1.78. The van der Waals surface area contributed by atoms with Crippen LogP contribution in [0.4, 0.5) is 0 Å². The van der Waals surface area contributed by atoms with Crippen molar-refractivity contribution in [3.05, 3.63) is 0 Å². The van der Waals surface area contributed by atoms with Gasteiger partial charge < -0.3 is 15.4 Å². The van der Waals surface area contributed by atoms with E-state index < -0.39 is 0 Å². The van der Waals surface area contributed by atoms with Gasteiger partial charge in [0.25, 0.3) is 0 Å². The van der Waals surface area contributed by atoms with Crippen LogP contribution in [0.25, 0.3) is 0 Å². The maximum atomic E-state index is 11.4. The van der Waals surface area contributed by atoms with E-state index in [0.717, 1.165) is 38.5 Å². The summed E-state index contributed by atoms with van der Waals surface area (Å²) in [6.45, 7) is 2.97. The van der Waals surface area contributed by atoms with E-state index in [1.165, 1.54) is 12.8 Å². The van der Waals surface area contributed by atoms with Gasteiger partial charge in [-0.1, -0.05) is 0 Å². The summed E-state index contributed by atoms with van der Waals surface area (Å²) in [5.74, 6) is 0.894. The third-order valence-electron chi connectivity index (χ3n) is 3.06. The van der Waals surface area contributed by atoms with E-state index in [4.69, 9.17) is 4.74 Å². The zero-order valence-electron chi connectivity index (χ0n) is 9.13. The summed E-state index contributed by atoms with van der Waals surface area (Å²) in [6.07, 6.45) is 4.62. The van der Waals surface area contributed by atoms with Crippen molar-refractivity contribution >= 4 is 5.91 Å². The van der Waals surface area contributed by atoms with Crippen molar-refractivity contribution < 1.29 is 9.53 Å². The molecule has 86 valence electrons. The Morgan fingerprint density at radius 3 is 2.60 bits per heavy atom. The van der Waals surface area contributed by atoms with Gasteiger partial charge in [0.05, 0.1) is 6.54 Å². The molecular formula is C11H20N2O2. The highest BCUT2D eigenvalue weighted by atomic mass is 16.5. The Hall–Kier alpha value is -0.610. The Morgan fingerprint density at radius 2 is 1.93 bits per heavy atom. The minimum atomic E-state index is 0.133. The summed E-state index contributed by atoms with van der Waals surface area (Å²) in [6, 6.07) is 0.463. The summed E-state index contributed by atoms with van der Waals surface area (Å²) < 4.78 is 5.25. The van der Waals surface area contributed by atoms with Gasteiger partial charge in [0, 0.05) is 25.8 Å². The Bertz CT molecular complexity index is 211. The Balaban J connectivity index is 1.53. The average molecular weight is 212 g/mol. The van der Waals surface area contributed by atoms with E-state index in [-0.39, 0.29) is 5.91 Å². The predicted molar refractivity (Wildman–Crippen MR) is 57.6 cm³/mol. The third-order valence-corrected chi connectivity index (χ3v) is 3.06. The molecule has 4 heteroatoms. The largest absolute Gasteiger partial charge is 0.381 e. The first-order valence-electron chi connectivity index (χ1n) is 5.92. The molecule has 2 fully saturated rings. The maximum absolute atomic E-state index is 11.4. The van der Waals surface area contributed by atoms with E-state index in [9.17, 15) is 4.79 Å². The smallest absolute Gasteiger partial charge is 0.233 e. The Kier molecular flexibility index (Phi) is 3.97. The number of carbonyl (C=O) groups is 1. The van der Waals surface area contributed by atoms with Crippen LogP contribution in [0.1, 0.15) is 25.7 Å². The van der Waals surface area contributed by atoms with Crippen molar-refractivity contribution in [2.24, 2.45) is 5.92 Å². The molecule has 2 rings (SSSR count). The third kappa shape index (κ3) is 4.18. The van der Waals surface area contributed by atoms with Crippen molar-refractivity contribution in [3.63, 3.8) is 0 Å². The van der Waals surface area contributed by atoms with E-state index in [0.29, 0.717) is 12.6 Å². The van der Waals surface area contributed by atoms with Crippen LogP contribution in [0.2, 0.25) is 0 Å². The molecular weight excluding hydrogens is 192 g/mol. The number of ether oxygens (including phenoxy) is 1. The van der Waals surface area contributed by atoms with Gasteiger partial charge in [-0.25, -0.2) is 0 Å². The number of hydrogen-bond acceptors (Lipinski definition) is 3. The second-order valence-electron chi connectivity index (χ2n) is 4.51. The quantitative estimate of drug-likeness (QED) is 0.688. The molecule has 1 amide bonds. The summed E-state index contributed by atoms with van der Waals surface area (Å²) in [5, 5.41) is 6.22. The standard InChI is InChI=1S/C11H20N2O2/c14-11(13-7-9-1-2-9)8-12-10-3-5-15-6-4-10/h9-10,12H,1-8H2,(H,13,14). The highest BCUT2D eigenvalue weighted by Crippen LogP contribution is 2.27. The summed E-state index contributed by atoms with van der Waals surface area (Å²) >= 11 is 0. The molecule has 0 aromatic heterocycles. The van der Waals surface area contributed by atoms with Crippen LogP contribution in [-0.2, 0) is 9.53 Å². The molecule has 4 nitrogen and oxygen atoms in total. The molecule has 0 aromatic rings. The predicted octanol–water partition coefficient (Wildman–Crippen LogP) is 0.281. The zero-order chi connectivity index (χ0) is 10.5. The zero-order valence-corrected chi connectivity index (χ0v) is 9.13. The SMILES string of the molecule is O=C(CNC1CCOCC1)NCC1CC1. The van der Waals surface area contributed by atoms with Crippen molar-refractivity contribution in [1.29, 1.82) is 0 Å². The van der Waals surface area contributed by atoms with Gasteiger partial charge >= 0.3 is 0 Å². The molecule has 1 saturated heterocycles. The molecule has 0 bridgehead atoms. The van der Waals surface area contributed by atoms with Gasteiger partial charge in [-0.3, -0.25) is 4.79 Å². The van der Waals surface area contributed by atoms with Crippen LogP contribution in [0.5, 0.6) is 0 Å². The fraction of sp³-hybridized carbons (Fsp3) is 0.909. The minimum absolute atomic E-state index is 0.133. The van der Waals surface area contributed by atoms with Crippen LogP contribution in [0.15, 0.2) is 0 Å². The topological polar surface area (TPSA) is 50.4 Å². The molecule has 1 saturated carbocycles. The van der Waals surface area contributed by atoms with Gasteiger partial charge in [0.1, 0.15) is 0 Å². The van der Waals surface area contributed by atoms with Crippen LogP contribution in [-0.4, -0.2) is 38.3 Å². The molecule has 0 atom stereocenters. The highest BCUT2D eigenvalue weighted by molar-refractivity contribution is 5.78. The van der Waals surface area contributed by atoms with Crippen molar-refractivity contribution in [3.8, 4) is 0 Å². The lowest BCUT2D eigenvalue weighted by molar-refractivity contribution is -0.120. The van der Waals surface area contributed by atoms with Gasteiger partial charge in [0.2, 0.25) is 5.91 Å². The molecule has 0 spiro atoms. The van der Waals surface area contributed by atoms with Crippen molar-refractivity contribution in [2.75, 3.05) is 26.3 Å². The average Bonchev–Trinajstić information content (AvgIpc) is 3.09. The van der Waals surface area contributed by atoms with Crippen molar-refractivity contribution in [1.82, 2.24) is 10.6 Å². The lowest BCUT2D eigenvalue weighted by atomic mass is 10.1. The molecule has 1 aliphatic carbocycles. The van der Waals surface area contributed by atoms with E-state index >= 15 is 0 Å². The number of carbonyl (C=O) groups excluding carboxylic acids is 1. The molecule has 0 radical (unpaired) electrons. The van der Waals surface area contributed by atoms with Crippen molar-refractivity contribution in [2.45, 2.75) is 31.7 Å². The van der Waals surface area contributed by atoms with E-state index in [2.05, 4.69) is 10.6 Å². The molecule has 1 aliphatic heterocycles. The first-order chi connectivity index (χ1) is 7.34. The lowest BCUT2D eigenvalue weighted by Gasteiger charge is -2.22. The summed E-state index contributed by atoms with van der Waals surface area (Å²) in [4.78, 5) is 11.4. The van der Waals surface area contributed by atoms with Gasteiger partial charge in [-0.2, -0.15) is 0 Å². The molecule has 0 aromatic carbocycles. The Morgan fingerprint density at radius 1 is 1.20 bits per heavy atom. The fourth-order valence-electron chi connectivity index (χ4n) is 1.78. The second kappa shape index (κ2) is 5.47. The number of hydrogen-bond donors (Lipinski definition) is 2. The number of nitrogens with one attached hydrogen (secondary N) is 2. The van der Waals surface area contributed by atoms with E-state index in [1.54, 1.807) is 0 Å². The van der Waals surface area contributed by atoms with Crippen LogP contribution in [0, 0.1) is 5.92 Å². The lowest BCUT2D eigenvalue weighted by Crippen LogP contribution is -2.42. The minimum Gasteiger partial charge on any atom is -0.381 e. The number of rotatable bonds is 5. The highest BCUT2D eigenvalue weighted by Gasteiger charge is 2.21. The Labute approximate surface area is 90.8 Å². The molecule has 2 N–H and O–H groups in total. The summed E-state index contributed by atoms with van der Waals surface area (Å²) in [7, 11) is 0. The monoisotopic (exact) mass is 212 g/mol. The van der Waals surface area contributed by atoms with E-state index in [1.807, 2.05) is 0 Å². The van der Waals surface area contributed by atoms with Crippen LogP contribution >= 0.6 is 0 Å². The number of amides is 1. The maximum Gasteiger partial charge on any atom is 0.233 e. The first-order valence-corrected chi connectivity index (χ1v) is 5.92. The first kappa shape index (κ1) is 10.9. The second-order valence-corrected chi connectivity index (χ2v) is 4.51. The van der Waals surface area contributed by atoms with Gasteiger partial charge in [-0.05, 0) is 31.6 Å². The van der Waals surface area contributed by atoms with Gasteiger partial charge in [0.15, 0.2) is 0 Å². The molecule has 0 unspecified atom stereocenters. The van der Waals surface area contributed by atoms with Crippen LogP contribution < -0.4 is 10.6 Å². The van der Waals surface area contributed by atoms with Gasteiger partial charge in [-0.15, -0.1) is 0 Å². The molecule has 1 heterocycles. The molecule has 2 aliphatic rings. The normalized spacial score (nSPS) is 22.7. The van der Waals surface area contributed by atoms with Crippen LogP contribution in [0.3, 0.4) is 0 Å². The molecule has 15 heavy (non-hydrogen) atoms.